The van der Waals surface area contributed by atoms with E-state index in [2.05, 4.69) is 35.6 Å². The number of carbonyl (C=O) groups excluding carboxylic acids is 4. The maximum Gasteiger partial charge on any atom is 0.273 e. The number of nitrogens with one attached hydrogen (secondary N) is 4. The van der Waals surface area contributed by atoms with Gasteiger partial charge >= 0.3 is 0 Å². The molecule has 0 saturated heterocycles. The zero-order valence-electron chi connectivity index (χ0n) is 28.0. The molecule has 0 aliphatic carbocycles. The van der Waals surface area contributed by atoms with Gasteiger partial charge < -0.3 is 10.2 Å². The first-order valence-electron chi connectivity index (χ1n) is 17.0. The van der Waals surface area contributed by atoms with E-state index in [0.717, 1.165) is 51.4 Å². The highest BCUT2D eigenvalue weighted by Crippen LogP contribution is 2.26. The van der Waals surface area contributed by atoms with E-state index < -0.39 is 23.7 Å². The average molecular weight is 639 g/mol. The van der Waals surface area contributed by atoms with E-state index in [1.54, 1.807) is 24.3 Å². The zero-order chi connectivity index (χ0) is 33.9. The van der Waals surface area contributed by atoms with Crippen molar-refractivity contribution in [3.05, 3.63) is 58.7 Å². The summed E-state index contributed by atoms with van der Waals surface area (Å²) in [6.45, 7) is 8.08. The summed E-state index contributed by atoms with van der Waals surface area (Å²) in [6.07, 6.45) is 10.8. The van der Waals surface area contributed by atoms with Crippen molar-refractivity contribution in [1.29, 1.82) is 0 Å². The molecule has 0 bridgehead atoms. The van der Waals surface area contributed by atoms with Crippen LogP contribution in [0.1, 0.15) is 137 Å². The highest BCUT2D eigenvalue weighted by atomic mass is 16.3. The van der Waals surface area contributed by atoms with Gasteiger partial charge in [0.15, 0.2) is 0 Å². The summed E-state index contributed by atoms with van der Waals surface area (Å²) in [7, 11) is 0. The first-order chi connectivity index (χ1) is 22.2. The molecule has 0 aliphatic heterocycles. The molecule has 2 aromatic carbocycles. The number of amides is 4. The summed E-state index contributed by atoms with van der Waals surface area (Å²) in [6, 6.07) is 10.0. The maximum absolute atomic E-state index is 13.1. The van der Waals surface area contributed by atoms with Crippen LogP contribution in [0.2, 0.25) is 0 Å². The highest BCUT2D eigenvalue weighted by molar-refractivity contribution is 5.99. The van der Waals surface area contributed by atoms with Crippen molar-refractivity contribution in [3.63, 3.8) is 0 Å². The molecule has 10 heteroatoms. The summed E-state index contributed by atoms with van der Waals surface area (Å²) in [4.78, 5) is 51.7. The standard InChI is InChI=1S/C36H54N4O6/c1-5-9-12-17-26-19-14-21-29(31(26)41)35(45)39-37-33(43)25(8-4)23-24-28(16-11-7-3)34(44)38-40-36(46)30-22-15-20-27(32(30)42)18-13-10-6-2/h14-15,19-22,25,28,41-42H,5-13,16-18,23-24H2,1-4H3,(H,37,43)(H,38,44)(H,39,45)(H,40,46). The minimum Gasteiger partial charge on any atom is -0.507 e. The number of phenolic OH excluding ortho intramolecular Hbond substituents is 2. The predicted octanol–water partition coefficient (Wildman–Crippen LogP) is 6.40. The lowest BCUT2D eigenvalue weighted by Crippen LogP contribution is -2.45. The largest absolute Gasteiger partial charge is 0.507 e. The molecule has 46 heavy (non-hydrogen) atoms. The van der Waals surface area contributed by atoms with E-state index in [1.165, 1.54) is 12.1 Å². The molecular weight excluding hydrogens is 584 g/mol. The van der Waals surface area contributed by atoms with E-state index in [4.69, 9.17) is 0 Å². The topological polar surface area (TPSA) is 157 Å². The van der Waals surface area contributed by atoms with Crippen molar-refractivity contribution in [1.82, 2.24) is 21.7 Å². The van der Waals surface area contributed by atoms with Gasteiger partial charge in [-0.3, -0.25) is 40.9 Å². The molecule has 254 valence electrons. The van der Waals surface area contributed by atoms with Crippen molar-refractivity contribution in [2.24, 2.45) is 11.8 Å². The van der Waals surface area contributed by atoms with Gasteiger partial charge in [0.05, 0.1) is 11.1 Å². The Bertz CT molecular complexity index is 1280. The second kappa shape index (κ2) is 20.9. The molecule has 0 saturated carbocycles. The Kier molecular flexibility index (Phi) is 17.3. The van der Waals surface area contributed by atoms with Gasteiger partial charge in [-0.2, -0.15) is 0 Å². The number of aryl methyl sites for hydroxylation is 2. The molecule has 2 rings (SSSR count). The minimum atomic E-state index is -0.605. The van der Waals surface area contributed by atoms with Crippen LogP contribution in [0, 0.1) is 11.8 Å². The molecule has 0 aliphatic rings. The Balaban J connectivity index is 1.95. The van der Waals surface area contributed by atoms with Crippen LogP contribution in [0.5, 0.6) is 11.5 Å². The lowest BCUT2D eigenvalue weighted by Gasteiger charge is -2.21. The van der Waals surface area contributed by atoms with Crippen LogP contribution in [0.3, 0.4) is 0 Å². The number of carbonyl (C=O) groups is 4. The second-order valence-electron chi connectivity index (χ2n) is 11.9. The van der Waals surface area contributed by atoms with Crippen molar-refractivity contribution in [2.45, 2.75) is 118 Å². The lowest BCUT2D eigenvalue weighted by atomic mass is 9.90. The Morgan fingerprint density at radius 3 is 1.43 bits per heavy atom. The number of benzene rings is 2. The minimum absolute atomic E-state index is 0.0772. The fraction of sp³-hybridized carbons (Fsp3) is 0.556. The van der Waals surface area contributed by atoms with Crippen LogP contribution in [0.15, 0.2) is 36.4 Å². The molecule has 0 aromatic heterocycles. The summed E-state index contributed by atoms with van der Waals surface area (Å²) in [5, 5.41) is 21.2. The molecule has 2 aromatic rings. The van der Waals surface area contributed by atoms with E-state index in [-0.39, 0.29) is 34.4 Å². The lowest BCUT2D eigenvalue weighted by molar-refractivity contribution is -0.128. The van der Waals surface area contributed by atoms with Crippen LogP contribution in [0.4, 0.5) is 0 Å². The summed E-state index contributed by atoms with van der Waals surface area (Å²) < 4.78 is 0. The molecule has 0 heterocycles. The van der Waals surface area contributed by atoms with Crippen LogP contribution in [-0.4, -0.2) is 33.8 Å². The molecular formula is C36H54N4O6. The number of phenols is 2. The number of hydrogen-bond acceptors (Lipinski definition) is 6. The van der Waals surface area contributed by atoms with Gasteiger partial charge in [0.1, 0.15) is 11.5 Å². The predicted molar refractivity (Wildman–Crippen MR) is 180 cm³/mol. The third kappa shape index (κ3) is 12.0. The third-order valence-electron chi connectivity index (χ3n) is 8.43. The SMILES string of the molecule is CCCCCc1cccc(C(=O)NNC(=O)C(CC)CCC(CCCC)C(=O)NNC(=O)c2cccc(CCCCC)c2O)c1O. The number of aromatic hydroxyl groups is 2. The monoisotopic (exact) mass is 638 g/mol. The summed E-state index contributed by atoms with van der Waals surface area (Å²) >= 11 is 0. The molecule has 0 fully saturated rings. The summed E-state index contributed by atoms with van der Waals surface area (Å²) in [5.74, 6) is -3.02. The van der Waals surface area contributed by atoms with E-state index >= 15 is 0 Å². The van der Waals surface area contributed by atoms with Gasteiger partial charge in [0.25, 0.3) is 11.8 Å². The smallest absolute Gasteiger partial charge is 0.273 e. The van der Waals surface area contributed by atoms with E-state index in [9.17, 15) is 29.4 Å². The molecule has 2 atom stereocenters. The average Bonchev–Trinajstić information content (AvgIpc) is 3.05. The molecule has 10 nitrogen and oxygen atoms in total. The number of hydrazine groups is 2. The van der Waals surface area contributed by atoms with Gasteiger partial charge in [-0.25, -0.2) is 0 Å². The fourth-order valence-corrected chi connectivity index (χ4v) is 5.44. The van der Waals surface area contributed by atoms with Crippen molar-refractivity contribution >= 4 is 23.6 Å². The number of rotatable bonds is 19. The zero-order valence-corrected chi connectivity index (χ0v) is 28.0. The maximum atomic E-state index is 13.1. The van der Waals surface area contributed by atoms with E-state index in [0.29, 0.717) is 49.7 Å². The Morgan fingerprint density at radius 2 is 1.00 bits per heavy atom. The Labute approximate surface area is 274 Å². The molecule has 4 amide bonds. The van der Waals surface area contributed by atoms with Crippen molar-refractivity contribution in [2.75, 3.05) is 0 Å². The van der Waals surface area contributed by atoms with Crippen LogP contribution in [-0.2, 0) is 22.4 Å². The molecule has 0 radical (unpaired) electrons. The first-order valence-corrected chi connectivity index (χ1v) is 17.0. The third-order valence-corrected chi connectivity index (χ3v) is 8.43. The number of para-hydroxylation sites is 2. The van der Waals surface area contributed by atoms with Gasteiger partial charge in [0.2, 0.25) is 11.8 Å². The van der Waals surface area contributed by atoms with Crippen LogP contribution < -0.4 is 21.7 Å². The van der Waals surface area contributed by atoms with Gasteiger partial charge in [-0.05, 0) is 74.6 Å². The van der Waals surface area contributed by atoms with Crippen molar-refractivity contribution in [3.8, 4) is 11.5 Å². The molecule has 6 N–H and O–H groups in total. The number of hydrogen-bond donors (Lipinski definition) is 6. The highest BCUT2D eigenvalue weighted by Gasteiger charge is 2.25. The molecule has 2 unspecified atom stereocenters. The Hall–Kier alpha value is -4.08. The number of unbranched alkanes of at least 4 members (excludes halogenated alkanes) is 5. The Morgan fingerprint density at radius 1 is 0.565 bits per heavy atom. The quantitative estimate of drug-likeness (QED) is 0.0773. The van der Waals surface area contributed by atoms with Crippen molar-refractivity contribution < 1.29 is 29.4 Å². The normalized spacial score (nSPS) is 12.2. The fourth-order valence-electron chi connectivity index (χ4n) is 5.44. The van der Waals surface area contributed by atoms with Gasteiger partial charge in [-0.15, -0.1) is 0 Å². The van der Waals surface area contributed by atoms with Crippen LogP contribution in [0.25, 0.3) is 0 Å². The van der Waals surface area contributed by atoms with Gasteiger partial charge in [-0.1, -0.05) is 90.5 Å². The van der Waals surface area contributed by atoms with E-state index in [1.807, 2.05) is 13.8 Å². The van der Waals surface area contributed by atoms with Gasteiger partial charge in [0, 0.05) is 11.8 Å². The second-order valence-corrected chi connectivity index (χ2v) is 11.9. The molecule has 0 spiro atoms. The first kappa shape index (κ1) is 38.1. The summed E-state index contributed by atoms with van der Waals surface area (Å²) in [5.41, 5.74) is 11.4. The van der Waals surface area contributed by atoms with Crippen LogP contribution >= 0.6 is 0 Å².